The van der Waals surface area contributed by atoms with Crippen molar-refractivity contribution in [2.24, 2.45) is 0 Å². The number of furan rings is 3. The topological polar surface area (TPSA) is 45.9 Å². The van der Waals surface area contributed by atoms with Gasteiger partial charge in [-0.15, -0.1) is 0 Å². The summed E-state index contributed by atoms with van der Waals surface area (Å²) in [4.78, 5) is 4.71. The second-order valence-electron chi connectivity index (χ2n) is 20.1. The van der Waals surface area contributed by atoms with Gasteiger partial charge in [-0.2, -0.15) is 0 Å². The Morgan fingerprint density at radius 3 is 1.15 bits per heavy atom. The molecule has 0 radical (unpaired) electrons. The van der Waals surface area contributed by atoms with Crippen molar-refractivity contribution in [1.29, 1.82) is 0 Å². The highest BCUT2D eigenvalue weighted by molar-refractivity contribution is 6.27. The predicted octanol–water partition coefficient (Wildman–Crippen LogP) is 19.9. The van der Waals surface area contributed by atoms with Crippen molar-refractivity contribution in [3.63, 3.8) is 0 Å². The zero-order chi connectivity index (χ0) is 46.6. The number of hydrogen-bond donors (Lipinski definition) is 0. The van der Waals surface area contributed by atoms with E-state index in [0.29, 0.717) is 11.8 Å². The van der Waals surface area contributed by atoms with Crippen LogP contribution in [0.5, 0.6) is 0 Å². The lowest BCUT2D eigenvalue weighted by molar-refractivity contribution is 0.643. The number of nitrogens with zero attached hydrogens (tertiary/aromatic N) is 2. The molecule has 0 amide bonds. The van der Waals surface area contributed by atoms with Crippen molar-refractivity contribution < 1.29 is 13.3 Å². The Morgan fingerprint density at radius 2 is 0.718 bits per heavy atom. The molecule has 5 heteroatoms. The molecule has 3 heterocycles. The predicted molar refractivity (Wildman–Crippen MR) is 295 cm³/mol. The van der Waals surface area contributed by atoms with Gasteiger partial charge in [-0.1, -0.05) is 147 Å². The fourth-order valence-corrected chi connectivity index (χ4v) is 12.8. The van der Waals surface area contributed by atoms with Gasteiger partial charge in [-0.3, -0.25) is 0 Å². The van der Waals surface area contributed by atoms with Crippen LogP contribution in [0.4, 0.5) is 34.1 Å². The number of para-hydroxylation sites is 6. The summed E-state index contributed by atoms with van der Waals surface area (Å²) in [5.41, 5.74) is 14.6. The van der Waals surface area contributed by atoms with Gasteiger partial charge in [0.15, 0.2) is 11.2 Å². The third-order valence-corrected chi connectivity index (χ3v) is 16.1. The minimum absolute atomic E-state index is 0.547. The third-order valence-electron chi connectivity index (χ3n) is 16.1. The average Bonchev–Trinajstić information content (AvgIpc) is 4.30. The van der Waals surface area contributed by atoms with Crippen LogP contribution in [0.3, 0.4) is 0 Å². The van der Waals surface area contributed by atoms with E-state index in [2.05, 4.69) is 204 Å². The van der Waals surface area contributed by atoms with E-state index in [0.717, 1.165) is 111 Å². The third kappa shape index (κ3) is 6.38. The number of benzene rings is 10. The van der Waals surface area contributed by atoms with Gasteiger partial charge in [-0.05, 0) is 143 Å². The highest BCUT2D eigenvalue weighted by Crippen LogP contribution is 2.49. The van der Waals surface area contributed by atoms with Crippen molar-refractivity contribution in [2.75, 3.05) is 9.80 Å². The Balaban J connectivity index is 0.874. The van der Waals surface area contributed by atoms with E-state index < -0.39 is 0 Å². The number of rotatable bonds is 8. The largest absolute Gasteiger partial charge is 0.456 e. The van der Waals surface area contributed by atoms with Crippen LogP contribution in [0.15, 0.2) is 207 Å². The van der Waals surface area contributed by atoms with Crippen LogP contribution < -0.4 is 9.80 Å². The molecule has 3 aromatic heterocycles. The fourth-order valence-electron chi connectivity index (χ4n) is 12.8. The zero-order valence-electron chi connectivity index (χ0n) is 39.4. The molecule has 0 saturated heterocycles. The molecule has 13 aromatic rings. The molecule has 71 heavy (non-hydrogen) atoms. The second kappa shape index (κ2) is 16.1. The summed E-state index contributed by atoms with van der Waals surface area (Å²) >= 11 is 0. The van der Waals surface area contributed by atoms with E-state index in [9.17, 15) is 0 Å². The molecule has 2 saturated carbocycles. The molecule has 0 spiro atoms. The van der Waals surface area contributed by atoms with Gasteiger partial charge in [0.2, 0.25) is 0 Å². The van der Waals surface area contributed by atoms with Crippen LogP contribution in [0, 0.1) is 0 Å². The SMILES string of the molecule is c1ccc(N(c2ccc3c(ccc4oc5ccc6cc(N(c7ccccc7)c7cccc8c7oc7c(C9CCCC9)cccc78)ccc6c5c43)c2)c2cccc3c2oc2c(C4CCCC4)cccc23)cc1. The van der Waals surface area contributed by atoms with Crippen LogP contribution >= 0.6 is 0 Å². The van der Waals surface area contributed by atoms with Gasteiger partial charge in [0.1, 0.15) is 22.3 Å². The maximum Gasteiger partial charge on any atom is 0.159 e. The van der Waals surface area contributed by atoms with E-state index in [1.807, 2.05) is 0 Å². The van der Waals surface area contributed by atoms with Crippen LogP contribution in [-0.4, -0.2) is 0 Å². The first-order valence-corrected chi connectivity index (χ1v) is 25.6. The van der Waals surface area contributed by atoms with Crippen molar-refractivity contribution in [3.05, 3.63) is 205 Å². The summed E-state index contributed by atoms with van der Waals surface area (Å²) in [6.07, 6.45) is 10.0. The number of hydrogen-bond acceptors (Lipinski definition) is 5. The maximum absolute atomic E-state index is 7.04. The van der Waals surface area contributed by atoms with Gasteiger partial charge in [0, 0.05) is 55.1 Å². The molecule has 0 atom stereocenters. The lowest BCUT2D eigenvalue weighted by Gasteiger charge is -2.26. The van der Waals surface area contributed by atoms with Crippen LogP contribution in [0.1, 0.15) is 74.3 Å². The van der Waals surface area contributed by atoms with E-state index in [1.165, 1.54) is 73.3 Å². The first-order chi connectivity index (χ1) is 35.2. The van der Waals surface area contributed by atoms with Gasteiger partial charge in [-0.25, -0.2) is 0 Å². The first-order valence-electron chi connectivity index (χ1n) is 25.6. The standard InChI is InChI=1S/C66H50N2O3/c1-3-19-45(20-4-1)67(57-29-13-27-55-53-25-11-23-51(41-15-7-8-16-41)63(53)70-65(55)57)47-33-35-49-43(39-47)31-37-59-61(49)62-50-36-34-48(40-44(50)32-38-60(62)69-59)68(46-21-5-2-6-22-46)58-30-14-28-56-54-26-12-24-52(42-17-9-10-18-42)64(54)71-66(56)58/h1-6,11-14,19-42H,7-10,15-18H2. The van der Waals surface area contributed by atoms with Gasteiger partial charge in [0.05, 0.1) is 11.4 Å². The van der Waals surface area contributed by atoms with Crippen molar-refractivity contribution in [3.8, 4) is 0 Å². The first kappa shape index (κ1) is 40.6. The van der Waals surface area contributed by atoms with Crippen LogP contribution in [0.25, 0.3) is 87.4 Å². The smallest absolute Gasteiger partial charge is 0.159 e. The molecular weight excluding hydrogens is 869 g/mol. The Kier molecular flexibility index (Phi) is 9.23. The van der Waals surface area contributed by atoms with Crippen molar-refractivity contribution in [1.82, 2.24) is 0 Å². The van der Waals surface area contributed by atoms with Crippen LogP contribution in [0.2, 0.25) is 0 Å². The van der Waals surface area contributed by atoms with Crippen molar-refractivity contribution in [2.45, 2.75) is 63.2 Å². The van der Waals surface area contributed by atoms with E-state index in [1.54, 1.807) is 0 Å². The zero-order valence-corrected chi connectivity index (χ0v) is 39.4. The van der Waals surface area contributed by atoms with Gasteiger partial charge < -0.3 is 23.1 Å². The van der Waals surface area contributed by atoms with E-state index in [4.69, 9.17) is 13.3 Å². The summed E-state index contributed by atoms with van der Waals surface area (Å²) in [5, 5.41) is 11.5. The summed E-state index contributed by atoms with van der Waals surface area (Å²) < 4.78 is 20.8. The molecule has 0 N–H and O–H groups in total. The Bertz CT molecular complexity index is 3940. The van der Waals surface area contributed by atoms with Crippen molar-refractivity contribution >= 4 is 121 Å². The summed E-state index contributed by atoms with van der Waals surface area (Å²) in [5.74, 6) is 1.09. The molecule has 2 aliphatic carbocycles. The number of anilines is 6. The Labute approximate surface area is 411 Å². The number of fused-ring (bicyclic) bond motifs is 13. The molecule has 0 bridgehead atoms. The summed E-state index contributed by atoms with van der Waals surface area (Å²) in [6.45, 7) is 0. The summed E-state index contributed by atoms with van der Waals surface area (Å²) in [7, 11) is 0. The van der Waals surface area contributed by atoms with E-state index in [-0.39, 0.29) is 0 Å². The quantitative estimate of drug-likeness (QED) is 0.152. The minimum atomic E-state index is 0.547. The minimum Gasteiger partial charge on any atom is -0.456 e. The monoisotopic (exact) mass is 918 g/mol. The highest BCUT2D eigenvalue weighted by atomic mass is 16.3. The molecular formula is C66H50N2O3. The maximum atomic E-state index is 7.04. The Hall–Kier alpha value is -8.28. The second-order valence-corrected chi connectivity index (χ2v) is 20.1. The molecule has 0 aliphatic heterocycles. The molecule has 342 valence electrons. The molecule has 5 nitrogen and oxygen atoms in total. The molecule has 10 aromatic carbocycles. The normalized spacial score (nSPS) is 14.8. The average molecular weight is 919 g/mol. The van der Waals surface area contributed by atoms with Gasteiger partial charge in [0.25, 0.3) is 0 Å². The van der Waals surface area contributed by atoms with Crippen LogP contribution in [-0.2, 0) is 0 Å². The lowest BCUT2D eigenvalue weighted by atomic mass is 9.95. The molecule has 15 rings (SSSR count). The highest BCUT2D eigenvalue weighted by Gasteiger charge is 2.27. The Morgan fingerprint density at radius 1 is 0.310 bits per heavy atom. The fraction of sp³-hybridized carbons (Fsp3) is 0.152. The van der Waals surface area contributed by atoms with E-state index >= 15 is 0 Å². The molecule has 0 unspecified atom stereocenters. The molecule has 2 aliphatic rings. The van der Waals surface area contributed by atoms with Gasteiger partial charge >= 0.3 is 0 Å². The summed E-state index contributed by atoms with van der Waals surface area (Å²) in [6, 6.07) is 70.4. The lowest BCUT2D eigenvalue weighted by Crippen LogP contribution is -2.10. The molecule has 2 fully saturated rings.